The predicted octanol–water partition coefficient (Wildman–Crippen LogP) is 3.99. The Labute approximate surface area is 221 Å². The Morgan fingerprint density at radius 3 is 2.03 bits per heavy atom. The first-order chi connectivity index (χ1) is 17.2. The Morgan fingerprint density at radius 2 is 1.47 bits per heavy atom. The minimum Gasteiger partial charge on any atom is -0.355 e. The van der Waals surface area contributed by atoms with E-state index in [2.05, 4.69) is 21.2 Å². The Kier molecular flexibility index (Phi) is 9.66. The van der Waals surface area contributed by atoms with Crippen LogP contribution in [0.1, 0.15) is 18.1 Å². The summed E-state index contributed by atoms with van der Waals surface area (Å²) in [5.74, 6) is -0.767. The summed E-state index contributed by atoms with van der Waals surface area (Å²) in [5.41, 5.74) is 2.10. The molecule has 0 bridgehead atoms. The zero-order valence-electron chi connectivity index (χ0n) is 20.3. The fourth-order valence-electron chi connectivity index (χ4n) is 3.84. The van der Waals surface area contributed by atoms with Crippen molar-refractivity contribution in [3.05, 3.63) is 101 Å². The summed E-state index contributed by atoms with van der Waals surface area (Å²) in [6, 6.07) is 24.6. The molecule has 2 amide bonds. The van der Waals surface area contributed by atoms with Gasteiger partial charge in [0.2, 0.25) is 21.8 Å². The molecule has 3 rings (SSSR count). The van der Waals surface area contributed by atoms with Crippen molar-refractivity contribution in [3.63, 3.8) is 0 Å². The van der Waals surface area contributed by atoms with E-state index in [1.807, 2.05) is 61.5 Å². The summed E-state index contributed by atoms with van der Waals surface area (Å²) in [6.45, 7) is 1.94. The van der Waals surface area contributed by atoms with Gasteiger partial charge in [-0.2, -0.15) is 0 Å². The summed E-state index contributed by atoms with van der Waals surface area (Å²) in [7, 11) is -3.76. The average molecular weight is 573 g/mol. The van der Waals surface area contributed by atoms with E-state index in [-0.39, 0.29) is 12.5 Å². The van der Waals surface area contributed by atoms with Crippen molar-refractivity contribution in [2.75, 3.05) is 23.7 Å². The van der Waals surface area contributed by atoms with E-state index in [9.17, 15) is 18.0 Å². The number of nitrogens with one attached hydrogen (secondary N) is 1. The van der Waals surface area contributed by atoms with Crippen molar-refractivity contribution in [1.29, 1.82) is 0 Å². The minimum absolute atomic E-state index is 0.146. The number of sulfonamides is 1. The Bertz CT molecular complexity index is 1250. The summed E-state index contributed by atoms with van der Waals surface area (Å²) in [6.07, 6.45) is 1.36. The topological polar surface area (TPSA) is 86.8 Å². The molecule has 0 aromatic heterocycles. The van der Waals surface area contributed by atoms with Crippen LogP contribution in [0.4, 0.5) is 5.69 Å². The van der Waals surface area contributed by atoms with Crippen molar-refractivity contribution >= 4 is 43.5 Å². The van der Waals surface area contributed by atoms with Crippen LogP contribution < -0.4 is 9.62 Å². The molecule has 1 N–H and O–H groups in total. The Hall–Kier alpha value is -3.17. The molecule has 3 aromatic carbocycles. The van der Waals surface area contributed by atoms with Crippen LogP contribution in [0.2, 0.25) is 0 Å². The standard InChI is InChI=1S/C27H30BrN3O4S/c1-3-29-27(33)25(18-21-10-6-4-7-11-21)30(19-22-14-16-23(28)17-15-22)26(32)20-31(36(2,34)35)24-12-8-5-9-13-24/h4-17,25H,3,18-20H2,1-2H3,(H,29,33). The lowest BCUT2D eigenvalue weighted by atomic mass is 10.0. The molecule has 1 unspecified atom stereocenters. The number of anilines is 1. The number of hydrogen-bond donors (Lipinski definition) is 1. The fourth-order valence-corrected chi connectivity index (χ4v) is 4.95. The van der Waals surface area contributed by atoms with Gasteiger partial charge in [-0.3, -0.25) is 13.9 Å². The third-order valence-electron chi connectivity index (χ3n) is 5.61. The maximum Gasteiger partial charge on any atom is 0.244 e. The number of halogens is 1. The van der Waals surface area contributed by atoms with E-state index in [0.29, 0.717) is 18.7 Å². The molecule has 36 heavy (non-hydrogen) atoms. The lowest BCUT2D eigenvalue weighted by Crippen LogP contribution is -2.53. The number of nitrogens with zero attached hydrogens (tertiary/aromatic N) is 2. The molecule has 0 aliphatic carbocycles. The summed E-state index contributed by atoms with van der Waals surface area (Å²) in [4.78, 5) is 28.5. The van der Waals surface area contributed by atoms with Gasteiger partial charge in [0.25, 0.3) is 0 Å². The van der Waals surface area contributed by atoms with E-state index in [1.54, 1.807) is 30.3 Å². The highest BCUT2D eigenvalue weighted by atomic mass is 79.9. The second-order valence-corrected chi connectivity index (χ2v) is 11.2. The zero-order valence-corrected chi connectivity index (χ0v) is 22.7. The first-order valence-electron chi connectivity index (χ1n) is 11.6. The summed E-state index contributed by atoms with van der Waals surface area (Å²) >= 11 is 3.42. The van der Waals surface area contributed by atoms with Crippen LogP contribution in [-0.4, -0.2) is 50.5 Å². The smallest absolute Gasteiger partial charge is 0.244 e. The summed E-state index contributed by atoms with van der Waals surface area (Å²) < 4.78 is 27.3. The molecule has 0 saturated carbocycles. The van der Waals surface area contributed by atoms with Crippen molar-refractivity contribution in [1.82, 2.24) is 10.2 Å². The first-order valence-corrected chi connectivity index (χ1v) is 14.2. The van der Waals surface area contributed by atoms with Crippen LogP contribution in [0.5, 0.6) is 0 Å². The van der Waals surface area contributed by atoms with E-state index in [1.165, 1.54) is 4.90 Å². The van der Waals surface area contributed by atoms with Crippen LogP contribution >= 0.6 is 15.9 Å². The molecule has 190 valence electrons. The van der Waals surface area contributed by atoms with Gasteiger partial charge in [0, 0.05) is 24.0 Å². The van der Waals surface area contributed by atoms with Gasteiger partial charge < -0.3 is 10.2 Å². The van der Waals surface area contributed by atoms with Gasteiger partial charge in [-0.05, 0) is 42.3 Å². The zero-order chi connectivity index (χ0) is 26.1. The highest BCUT2D eigenvalue weighted by molar-refractivity contribution is 9.10. The first kappa shape index (κ1) is 27.4. The van der Waals surface area contributed by atoms with Crippen molar-refractivity contribution in [2.24, 2.45) is 0 Å². The van der Waals surface area contributed by atoms with Gasteiger partial charge in [-0.25, -0.2) is 8.42 Å². The number of rotatable bonds is 11. The van der Waals surface area contributed by atoms with E-state index >= 15 is 0 Å². The monoisotopic (exact) mass is 571 g/mol. The number of para-hydroxylation sites is 1. The molecular formula is C27H30BrN3O4S. The lowest BCUT2D eigenvalue weighted by Gasteiger charge is -2.33. The van der Waals surface area contributed by atoms with Crippen LogP contribution in [-0.2, 0) is 32.6 Å². The van der Waals surface area contributed by atoms with Crippen LogP contribution in [0, 0.1) is 0 Å². The molecule has 3 aromatic rings. The Morgan fingerprint density at radius 1 is 0.889 bits per heavy atom. The second kappa shape index (κ2) is 12.7. The molecule has 0 aliphatic heterocycles. The Balaban J connectivity index is 2.01. The molecule has 9 heteroatoms. The molecule has 0 heterocycles. The SMILES string of the molecule is CCNC(=O)C(Cc1ccccc1)N(Cc1ccc(Br)cc1)C(=O)CN(c1ccccc1)S(C)(=O)=O. The molecule has 0 saturated heterocycles. The van der Waals surface area contributed by atoms with Gasteiger partial charge in [0.1, 0.15) is 12.6 Å². The van der Waals surface area contributed by atoms with Crippen molar-refractivity contribution in [2.45, 2.75) is 25.9 Å². The van der Waals surface area contributed by atoms with Crippen molar-refractivity contribution < 1.29 is 18.0 Å². The number of amides is 2. The van der Waals surface area contributed by atoms with E-state index in [0.717, 1.165) is 26.2 Å². The molecular weight excluding hydrogens is 542 g/mol. The lowest BCUT2D eigenvalue weighted by molar-refractivity contribution is -0.140. The van der Waals surface area contributed by atoms with Crippen LogP contribution in [0.15, 0.2) is 89.4 Å². The fraction of sp³-hybridized carbons (Fsp3) is 0.259. The predicted molar refractivity (Wildman–Crippen MR) is 146 cm³/mol. The largest absolute Gasteiger partial charge is 0.355 e. The van der Waals surface area contributed by atoms with Gasteiger partial charge in [-0.1, -0.05) is 76.6 Å². The van der Waals surface area contributed by atoms with Gasteiger partial charge in [0.15, 0.2) is 0 Å². The molecule has 7 nitrogen and oxygen atoms in total. The number of carbonyl (C=O) groups excluding carboxylic acids is 2. The number of carbonyl (C=O) groups is 2. The van der Waals surface area contributed by atoms with E-state index < -0.39 is 28.5 Å². The molecule has 0 radical (unpaired) electrons. The highest BCUT2D eigenvalue weighted by Crippen LogP contribution is 2.20. The van der Waals surface area contributed by atoms with Crippen molar-refractivity contribution in [3.8, 4) is 0 Å². The van der Waals surface area contributed by atoms with Gasteiger partial charge in [0.05, 0.1) is 11.9 Å². The van der Waals surface area contributed by atoms with Crippen LogP contribution in [0.25, 0.3) is 0 Å². The van der Waals surface area contributed by atoms with E-state index in [4.69, 9.17) is 0 Å². The number of hydrogen-bond acceptors (Lipinski definition) is 4. The van der Waals surface area contributed by atoms with Crippen LogP contribution in [0.3, 0.4) is 0 Å². The quantitative estimate of drug-likeness (QED) is 0.377. The van der Waals surface area contributed by atoms with Gasteiger partial charge in [-0.15, -0.1) is 0 Å². The van der Waals surface area contributed by atoms with Gasteiger partial charge >= 0.3 is 0 Å². The molecule has 0 spiro atoms. The summed E-state index contributed by atoms with van der Waals surface area (Å²) in [5, 5.41) is 2.84. The number of benzene rings is 3. The average Bonchev–Trinajstić information content (AvgIpc) is 2.86. The second-order valence-electron chi connectivity index (χ2n) is 8.35. The minimum atomic E-state index is -3.76. The maximum atomic E-state index is 13.8. The molecule has 0 aliphatic rings. The third kappa shape index (κ3) is 7.66. The molecule has 1 atom stereocenters. The maximum absolute atomic E-state index is 13.8. The normalized spacial score (nSPS) is 12.0. The third-order valence-corrected chi connectivity index (χ3v) is 7.28. The molecule has 0 fully saturated rings. The highest BCUT2D eigenvalue weighted by Gasteiger charge is 2.32. The number of likely N-dealkylation sites (N-methyl/N-ethyl adjacent to an activating group) is 1.